The Balaban J connectivity index is 1.75. The van der Waals surface area contributed by atoms with Gasteiger partial charge in [-0.2, -0.15) is 0 Å². The second-order valence-electron chi connectivity index (χ2n) is 6.45. The van der Waals surface area contributed by atoms with Gasteiger partial charge in [0.25, 0.3) is 0 Å². The van der Waals surface area contributed by atoms with Gasteiger partial charge in [-0.1, -0.05) is 91.0 Å². The molecule has 3 aromatic carbocycles. The molecule has 136 valence electrons. The van der Waals surface area contributed by atoms with E-state index >= 15 is 0 Å². The van der Waals surface area contributed by atoms with Crippen molar-refractivity contribution in [3.05, 3.63) is 108 Å². The van der Waals surface area contributed by atoms with Gasteiger partial charge in [-0.05, 0) is 16.7 Å². The normalized spacial score (nSPS) is 11.7. The first kappa shape index (κ1) is 18.6. The van der Waals surface area contributed by atoms with Crippen molar-refractivity contribution in [2.45, 2.75) is 18.9 Å². The predicted molar refractivity (Wildman–Crippen MR) is 105 cm³/mol. The van der Waals surface area contributed by atoms with Crippen molar-refractivity contribution >= 4 is 12.3 Å². The average Bonchev–Trinajstić information content (AvgIpc) is 2.74. The lowest BCUT2D eigenvalue weighted by atomic mass is 9.80. The molecule has 1 atom stereocenters. The smallest absolute Gasteiger partial charge is 0.306 e. The molecule has 0 aliphatic carbocycles. The summed E-state index contributed by atoms with van der Waals surface area (Å²) in [7, 11) is 0. The summed E-state index contributed by atoms with van der Waals surface area (Å²) in [5.41, 5.74) is 2.95. The summed E-state index contributed by atoms with van der Waals surface area (Å²) in [6.07, 6.45) is 0.916. The van der Waals surface area contributed by atoms with Crippen LogP contribution in [-0.2, 0) is 20.9 Å². The second kappa shape index (κ2) is 9.48. The van der Waals surface area contributed by atoms with E-state index in [1.54, 1.807) is 0 Å². The minimum atomic E-state index is -0.488. The minimum Gasteiger partial charge on any atom is -0.461 e. The first-order chi connectivity index (χ1) is 13.3. The van der Waals surface area contributed by atoms with Crippen molar-refractivity contribution in [1.82, 2.24) is 0 Å². The molecule has 0 amide bonds. The molecular formula is C24H22O3. The molecule has 3 rings (SSSR count). The molecule has 0 unspecified atom stereocenters. The SMILES string of the molecule is O=C[C@@H](CC(=O)OCc1ccccc1)C(c1ccccc1)c1ccccc1. The Kier molecular flexibility index (Phi) is 6.53. The Bertz CT molecular complexity index is 805. The molecule has 0 fully saturated rings. The summed E-state index contributed by atoms with van der Waals surface area (Å²) < 4.78 is 5.38. The number of carbonyl (C=O) groups is 2. The van der Waals surface area contributed by atoms with Gasteiger partial charge >= 0.3 is 5.97 Å². The first-order valence-electron chi connectivity index (χ1n) is 9.02. The average molecular weight is 358 g/mol. The number of hydrogen-bond donors (Lipinski definition) is 0. The number of aldehydes is 1. The van der Waals surface area contributed by atoms with E-state index in [1.807, 2.05) is 91.0 Å². The number of esters is 1. The fraction of sp³-hybridized carbons (Fsp3) is 0.167. The van der Waals surface area contributed by atoms with E-state index in [0.717, 1.165) is 23.0 Å². The van der Waals surface area contributed by atoms with Crippen molar-refractivity contribution in [2.75, 3.05) is 0 Å². The van der Waals surface area contributed by atoms with E-state index in [1.165, 1.54) is 0 Å². The summed E-state index contributed by atoms with van der Waals surface area (Å²) in [5.74, 6) is -1.04. The number of ether oxygens (including phenoxy) is 1. The zero-order valence-electron chi connectivity index (χ0n) is 15.0. The van der Waals surface area contributed by atoms with Gasteiger partial charge in [-0.3, -0.25) is 4.79 Å². The van der Waals surface area contributed by atoms with E-state index in [9.17, 15) is 9.59 Å². The summed E-state index contributed by atoms with van der Waals surface area (Å²) >= 11 is 0. The van der Waals surface area contributed by atoms with Crippen LogP contribution in [0.15, 0.2) is 91.0 Å². The molecule has 0 bridgehead atoms. The lowest BCUT2D eigenvalue weighted by Crippen LogP contribution is -2.21. The van der Waals surface area contributed by atoms with E-state index in [-0.39, 0.29) is 24.9 Å². The topological polar surface area (TPSA) is 43.4 Å². The van der Waals surface area contributed by atoms with E-state index in [4.69, 9.17) is 4.74 Å². The van der Waals surface area contributed by atoms with Gasteiger partial charge in [0.1, 0.15) is 12.9 Å². The molecule has 3 heteroatoms. The number of carbonyl (C=O) groups excluding carboxylic acids is 2. The molecular weight excluding hydrogens is 336 g/mol. The highest BCUT2D eigenvalue weighted by atomic mass is 16.5. The quantitative estimate of drug-likeness (QED) is 0.430. The number of hydrogen-bond acceptors (Lipinski definition) is 3. The fourth-order valence-corrected chi connectivity index (χ4v) is 3.24. The molecule has 0 aromatic heterocycles. The largest absolute Gasteiger partial charge is 0.461 e. The van der Waals surface area contributed by atoms with Crippen LogP contribution in [0.2, 0.25) is 0 Å². The van der Waals surface area contributed by atoms with Crippen LogP contribution in [-0.4, -0.2) is 12.3 Å². The minimum absolute atomic E-state index is 0.0464. The molecule has 0 N–H and O–H groups in total. The van der Waals surface area contributed by atoms with Crippen LogP contribution in [0.25, 0.3) is 0 Å². The third-order valence-electron chi connectivity index (χ3n) is 4.57. The van der Waals surface area contributed by atoms with Crippen LogP contribution in [0.1, 0.15) is 29.0 Å². The summed E-state index contributed by atoms with van der Waals surface area (Å²) in [6.45, 7) is 0.215. The highest BCUT2D eigenvalue weighted by Gasteiger charge is 2.27. The Morgan fingerprint density at radius 1 is 0.778 bits per heavy atom. The Labute approximate surface area is 159 Å². The number of benzene rings is 3. The Morgan fingerprint density at radius 3 is 1.74 bits per heavy atom. The van der Waals surface area contributed by atoms with E-state index in [2.05, 4.69) is 0 Å². The second-order valence-corrected chi connectivity index (χ2v) is 6.45. The highest BCUT2D eigenvalue weighted by molar-refractivity contribution is 5.75. The van der Waals surface area contributed by atoms with Gasteiger partial charge in [0.15, 0.2) is 0 Å². The van der Waals surface area contributed by atoms with Crippen molar-refractivity contribution in [3.8, 4) is 0 Å². The van der Waals surface area contributed by atoms with E-state index < -0.39 is 5.92 Å². The third-order valence-corrected chi connectivity index (χ3v) is 4.57. The molecule has 3 aromatic rings. The zero-order chi connectivity index (χ0) is 18.9. The van der Waals surface area contributed by atoms with Crippen molar-refractivity contribution in [1.29, 1.82) is 0 Å². The third kappa shape index (κ3) is 5.14. The van der Waals surface area contributed by atoms with Crippen molar-refractivity contribution < 1.29 is 14.3 Å². The lowest BCUT2D eigenvalue weighted by molar-refractivity contribution is -0.147. The van der Waals surface area contributed by atoms with Gasteiger partial charge in [0.2, 0.25) is 0 Å². The zero-order valence-corrected chi connectivity index (χ0v) is 15.0. The summed E-state index contributed by atoms with van der Waals surface area (Å²) in [4.78, 5) is 24.3. The number of rotatable bonds is 8. The Hall–Kier alpha value is -3.20. The molecule has 0 spiro atoms. The van der Waals surface area contributed by atoms with Gasteiger partial charge in [0.05, 0.1) is 6.42 Å². The van der Waals surface area contributed by atoms with E-state index in [0.29, 0.717) is 0 Å². The predicted octanol–water partition coefficient (Wildman–Crippen LogP) is 4.77. The van der Waals surface area contributed by atoms with Crippen molar-refractivity contribution in [3.63, 3.8) is 0 Å². The van der Waals surface area contributed by atoms with Crippen molar-refractivity contribution in [2.24, 2.45) is 5.92 Å². The molecule has 0 heterocycles. The monoisotopic (exact) mass is 358 g/mol. The molecule has 0 saturated heterocycles. The summed E-state index contributed by atoms with van der Waals surface area (Å²) in [6, 6.07) is 29.1. The van der Waals surface area contributed by atoms with Crippen LogP contribution < -0.4 is 0 Å². The summed E-state index contributed by atoms with van der Waals surface area (Å²) in [5, 5.41) is 0. The fourth-order valence-electron chi connectivity index (χ4n) is 3.24. The maximum atomic E-state index is 12.4. The molecule has 0 aliphatic rings. The van der Waals surface area contributed by atoms with Gasteiger partial charge in [-0.15, -0.1) is 0 Å². The van der Waals surface area contributed by atoms with Crippen LogP contribution in [0, 0.1) is 5.92 Å². The molecule has 0 saturated carbocycles. The molecule has 0 aliphatic heterocycles. The van der Waals surface area contributed by atoms with Crippen LogP contribution >= 0.6 is 0 Å². The van der Waals surface area contributed by atoms with Gasteiger partial charge < -0.3 is 9.53 Å². The van der Waals surface area contributed by atoms with Crippen LogP contribution in [0.4, 0.5) is 0 Å². The van der Waals surface area contributed by atoms with Crippen LogP contribution in [0.5, 0.6) is 0 Å². The van der Waals surface area contributed by atoms with Gasteiger partial charge in [0, 0.05) is 11.8 Å². The standard InChI is InChI=1S/C24H22O3/c25-17-22(16-23(26)27-18-19-10-4-1-5-11-19)24(20-12-6-2-7-13-20)21-14-8-3-9-15-21/h1-15,17,22,24H,16,18H2/t22-/m1/s1. The maximum absolute atomic E-state index is 12.4. The first-order valence-corrected chi connectivity index (χ1v) is 9.02. The van der Waals surface area contributed by atoms with Crippen LogP contribution in [0.3, 0.4) is 0 Å². The maximum Gasteiger partial charge on any atom is 0.306 e. The molecule has 27 heavy (non-hydrogen) atoms. The molecule has 3 nitrogen and oxygen atoms in total. The molecule has 0 radical (unpaired) electrons. The highest BCUT2D eigenvalue weighted by Crippen LogP contribution is 2.33. The lowest BCUT2D eigenvalue weighted by Gasteiger charge is -2.23. The van der Waals surface area contributed by atoms with Gasteiger partial charge in [-0.25, -0.2) is 0 Å². The Morgan fingerprint density at radius 2 is 1.26 bits per heavy atom.